The van der Waals surface area contributed by atoms with Crippen molar-refractivity contribution in [2.24, 2.45) is 5.92 Å². The number of hydrogen-bond acceptors (Lipinski definition) is 2. The van der Waals surface area contributed by atoms with Gasteiger partial charge in [-0.05, 0) is 37.1 Å². The Kier molecular flexibility index (Phi) is 5.15. The summed E-state index contributed by atoms with van der Waals surface area (Å²) in [5, 5.41) is 1.20. The Morgan fingerprint density at radius 3 is 2.68 bits per heavy atom. The van der Waals surface area contributed by atoms with Crippen LogP contribution in [0, 0.1) is 5.92 Å². The van der Waals surface area contributed by atoms with Gasteiger partial charge in [0.15, 0.2) is 0 Å². The lowest BCUT2D eigenvalue weighted by atomic mass is 10.1. The molecule has 5 nitrogen and oxygen atoms in total. The number of hydrogen-bond donors (Lipinski definition) is 1. The summed E-state index contributed by atoms with van der Waals surface area (Å²) in [5.74, 6) is -0.158. The zero-order valence-corrected chi connectivity index (χ0v) is 16.1. The van der Waals surface area contributed by atoms with Gasteiger partial charge >= 0.3 is 0 Å². The van der Waals surface area contributed by atoms with Gasteiger partial charge in [-0.2, -0.15) is 0 Å². The molecule has 0 radical (unpaired) electrons. The number of aromatic amines is 1. The molecule has 2 heterocycles. The summed E-state index contributed by atoms with van der Waals surface area (Å²) >= 11 is 0. The largest absolute Gasteiger partial charge is 0.361 e. The Hall–Kier alpha value is -3.08. The lowest BCUT2D eigenvalue weighted by molar-refractivity contribution is -0.128. The summed E-state index contributed by atoms with van der Waals surface area (Å²) in [6, 6.07) is 17.9. The van der Waals surface area contributed by atoms with Crippen LogP contribution in [0.4, 0.5) is 5.69 Å². The van der Waals surface area contributed by atoms with Gasteiger partial charge in [0.1, 0.15) is 0 Å². The molecule has 1 atom stereocenters. The molecular formula is C23H25N3O2. The molecule has 1 aliphatic heterocycles. The van der Waals surface area contributed by atoms with E-state index in [1.165, 1.54) is 10.9 Å². The first-order valence-corrected chi connectivity index (χ1v) is 9.86. The summed E-state index contributed by atoms with van der Waals surface area (Å²) in [7, 11) is 0. The topological polar surface area (TPSA) is 56.4 Å². The van der Waals surface area contributed by atoms with Gasteiger partial charge in [0.05, 0.1) is 5.92 Å². The lowest BCUT2D eigenvalue weighted by Crippen LogP contribution is -2.37. The van der Waals surface area contributed by atoms with Crippen LogP contribution in [-0.4, -0.2) is 41.3 Å². The minimum Gasteiger partial charge on any atom is -0.361 e. The first kappa shape index (κ1) is 18.3. The zero-order valence-electron chi connectivity index (χ0n) is 16.1. The number of aromatic nitrogens is 1. The molecule has 144 valence electrons. The quantitative estimate of drug-likeness (QED) is 0.715. The number of rotatable bonds is 6. The highest BCUT2D eigenvalue weighted by atomic mass is 16.2. The summed E-state index contributed by atoms with van der Waals surface area (Å²) in [4.78, 5) is 32.4. The van der Waals surface area contributed by atoms with E-state index in [9.17, 15) is 9.59 Å². The molecule has 1 unspecified atom stereocenters. The van der Waals surface area contributed by atoms with Crippen molar-refractivity contribution in [3.05, 3.63) is 66.4 Å². The van der Waals surface area contributed by atoms with Gasteiger partial charge in [-0.1, -0.05) is 36.4 Å². The molecule has 28 heavy (non-hydrogen) atoms. The number of carbonyl (C=O) groups is 2. The Labute approximate surface area is 165 Å². The number of anilines is 1. The van der Waals surface area contributed by atoms with Crippen LogP contribution in [0.25, 0.3) is 10.9 Å². The normalized spacial score (nSPS) is 16.7. The number of nitrogens with one attached hydrogen (secondary N) is 1. The Bertz CT molecular complexity index is 980. The van der Waals surface area contributed by atoms with Gasteiger partial charge in [0.25, 0.3) is 0 Å². The molecule has 1 N–H and O–H groups in total. The smallest absolute Gasteiger partial charge is 0.232 e. The molecule has 1 aromatic heterocycles. The van der Waals surface area contributed by atoms with Gasteiger partial charge < -0.3 is 14.8 Å². The second-order valence-corrected chi connectivity index (χ2v) is 7.27. The number of likely N-dealkylation sites (tertiary alicyclic amines) is 1. The van der Waals surface area contributed by atoms with Crippen LogP contribution in [-0.2, 0) is 16.0 Å². The Morgan fingerprint density at radius 1 is 1.14 bits per heavy atom. The number of amides is 2. The average Bonchev–Trinajstić information content (AvgIpc) is 3.31. The van der Waals surface area contributed by atoms with E-state index in [1.807, 2.05) is 60.5 Å². The highest BCUT2D eigenvalue weighted by Crippen LogP contribution is 2.25. The number of H-pyrrole nitrogens is 1. The molecule has 0 bridgehead atoms. The molecular weight excluding hydrogens is 350 g/mol. The van der Waals surface area contributed by atoms with Crippen LogP contribution >= 0.6 is 0 Å². The van der Waals surface area contributed by atoms with Crippen molar-refractivity contribution in [2.45, 2.75) is 19.8 Å². The van der Waals surface area contributed by atoms with Crippen LogP contribution in [0.5, 0.6) is 0 Å². The summed E-state index contributed by atoms with van der Waals surface area (Å²) < 4.78 is 0. The molecule has 1 saturated heterocycles. The highest BCUT2D eigenvalue weighted by molar-refractivity contribution is 5.99. The van der Waals surface area contributed by atoms with Crippen molar-refractivity contribution in [2.75, 3.05) is 24.5 Å². The molecule has 0 saturated carbocycles. The van der Waals surface area contributed by atoms with E-state index >= 15 is 0 Å². The summed E-state index contributed by atoms with van der Waals surface area (Å²) in [5.41, 5.74) is 3.21. The van der Waals surface area contributed by atoms with Crippen LogP contribution in [0.1, 0.15) is 18.9 Å². The number of benzene rings is 2. The Balaban J connectivity index is 1.41. The van der Waals surface area contributed by atoms with Crippen LogP contribution in [0.15, 0.2) is 60.8 Å². The number of para-hydroxylation sites is 2. The third-order valence-electron chi connectivity index (χ3n) is 5.54. The molecule has 0 spiro atoms. The van der Waals surface area contributed by atoms with Crippen LogP contribution in [0.3, 0.4) is 0 Å². The first-order valence-electron chi connectivity index (χ1n) is 9.86. The maximum absolute atomic E-state index is 13.0. The standard InChI is InChI=1S/C23H25N3O2/c1-2-26(19-8-4-3-5-9-19)23(28)18-14-22(27)25(16-18)13-12-17-15-24-21-11-7-6-10-20(17)21/h3-11,15,18,24H,2,12-14,16H2,1H3. The molecule has 2 amide bonds. The molecule has 4 rings (SSSR count). The number of nitrogens with zero attached hydrogens (tertiary/aromatic N) is 2. The van der Waals surface area contributed by atoms with E-state index in [2.05, 4.69) is 17.1 Å². The number of fused-ring (bicyclic) bond motifs is 1. The van der Waals surface area contributed by atoms with E-state index in [-0.39, 0.29) is 17.7 Å². The minimum atomic E-state index is -0.268. The maximum Gasteiger partial charge on any atom is 0.232 e. The van der Waals surface area contributed by atoms with E-state index in [4.69, 9.17) is 0 Å². The SMILES string of the molecule is CCN(C(=O)C1CC(=O)N(CCc2c[nH]c3ccccc23)C1)c1ccccc1. The fourth-order valence-electron chi connectivity index (χ4n) is 4.04. The van der Waals surface area contributed by atoms with E-state index in [0.717, 1.165) is 17.6 Å². The monoisotopic (exact) mass is 375 g/mol. The van der Waals surface area contributed by atoms with Crippen LogP contribution < -0.4 is 4.90 Å². The van der Waals surface area contributed by atoms with Crippen molar-refractivity contribution < 1.29 is 9.59 Å². The van der Waals surface area contributed by atoms with Crippen molar-refractivity contribution in [3.63, 3.8) is 0 Å². The van der Waals surface area contributed by atoms with Crippen molar-refractivity contribution in [1.82, 2.24) is 9.88 Å². The lowest BCUT2D eigenvalue weighted by Gasteiger charge is -2.24. The van der Waals surface area contributed by atoms with Crippen LogP contribution in [0.2, 0.25) is 0 Å². The molecule has 0 aliphatic carbocycles. The van der Waals surface area contributed by atoms with Gasteiger partial charge in [-0.3, -0.25) is 9.59 Å². The van der Waals surface area contributed by atoms with Crippen molar-refractivity contribution >= 4 is 28.4 Å². The fraction of sp³-hybridized carbons (Fsp3) is 0.304. The van der Waals surface area contributed by atoms with E-state index in [0.29, 0.717) is 26.1 Å². The van der Waals surface area contributed by atoms with Gasteiger partial charge in [0, 0.05) is 48.8 Å². The molecule has 2 aromatic carbocycles. The summed E-state index contributed by atoms with van der Waals surface area (Å²) in [6.07, 6.45) is 3.10. The number of carbonyl (C=O) groups excluding carboxylic acids is 2. The third kappa shape index (κ3) is 3.52. The molecule has 5 heteroatoms. The molecule has 1 fully saturated rings. The first-order chi connectivity index (χ1) is 13.7. The van der Waals surface area contributed by atoms with E-state index < -0.39 is 0 Å². The average molecular weight is 375 g/mol. The zero-order chi connectivity index (χ0) is 19.5. The molecule has 1 aliphatic rings. The van der Waals surface area contributed by atoms with E-state index in [1.54, 1.807) is 4.90 Å². The van der Waals surface area contributed by atoms with Crippen molar-refractivity contribution in [3.8, 4) is 0 Å². The Morgan fingerprint density at radius 2 is 1.89 bits per heavy atom. The highest BCUT2D eigenvalue weighted by Gasteiger charge is 2.36. The third-order valence-corrected chi connectivity index (χ3v) is 5.54. The van der Waals surface area contributed by atoms with Gasteiger partial charge in [-0.25, -0.2) is 0 Å². The summed E-state index contributed by atoms with van der Waals surface area (Å²) in [6.45, 7) is 3.71. The fourth-order valence-corrected chi connectivity index (χ4v) is 4.04. The predicted octanol–water partition coefficient (Wildman–Crippen LogP) is 3.61. The second kappa shape index (κ2) is 7.89. The maximum atomic E-state index is 13.0. The second-order valence-electron chi connectivity index (χ2n) is 7.27. The van der Waals surface area contributed by atoms with Crippen molar-refractivity contribution in [1.29, 1.82) is 0 Å². The predicted molar refractivity (Wildman–Crippen MR) is 111 cm³/mol. The van der Waals surface area contributed by atoms with Gasteiger partial charge in [-0.15, -0.1) is 0 Å². The van der Waals surface area contributed by atoms with Gasteiger partial charge in [0.2, 0.25) is 11.8 Å². The minimum absolute atomic E-state index is 0.0386. The molecule has 3 aromatic rings.